The second-order valence-corrected chi connectivity index (χ2v) is 9.15. The van der Waals surface area contributed by atoms with Crippen molar-refractivity contribution in [3.63, 3.8) is 0 Å². The monoisotopic (exact) mass is 427 g/mol. The number of anilines is 1. The van der Waals surface area contributed by atoms with Crippen LogP contribution in [0.3, 0.4) is 0 Å². The van der Waals surface area contributed by atoms with Crippen LogP contribution >= 0.6 is 22.9 Å². The van der Waals surface area contributed by atoms with E-state index in [0.717, 1.165) is 5.01 Å². The van der Waals surface area contributed by atoms with Crippen molar-refractivity contribution in [3.8, 4) is 0 Å². The summed E-state index contributed by atoms with van der Waals surface area (Å²) in [6, 6.07) is 4.38. The summed E-state index contributed by atoms with van der Waals surface area (Å²) in [6.07, 6.45) is 2.94. The largest absolute Gasteiger partial charge is 0.379 e. The molecule has 2 aromatic rings. The Hall–Kier alpha value is -1.78. The molecular weight excluding hydrogens is 410 g/mol. The zero-order chi connectivity index (χ0) is 19.4. The lowest BCUT2D eigenvalue weighted by atomic mass is 10.3. The lowest BCUT2D eigenvalue weighted by Gasteiger charge is -2.26. The summed E-state index contributed by atoms with van der Waals surface area (Å²) in [7, 11) is -3.76. The highest BCUT2D eigenvalue weighted by Crippen LogP contribution is 2.28. The Morgan fingerprint density at radius 2 is 2.11 bits per heavy atom. The van der Waals surface area contributed by atoms with E-state index in [9.17, 15) is 13.2 Å². The normalized spacial score (nSPS) is 15.9. The van der Waals surface area contributed by atoms with E-state index in [4.69, 9.17) is 16.3 Å². The molecule has 1 aromatic carbocycles. The third-order valence-corrected chi connectivity index (χ3v) is 7.00. The Morgan fingerprint density at radius 1 is 1.37 bits per heavy atom. The highest BCUT2D eigenvalue weighted by molar-refractivity contribution is 7.89. The predicted octanol–water partition coefficient (Wildman–Crippen LogP) is 2.78. The summed E-state index contributed by atoms with van der Waals surface area (Å²) in [5, 5.41) is 5.50. The van der Waals surface area contributed by atoms with Crippen molar-refractivity contribution >= 4 is 50.6 Å². The van der Waals surface area contributed by atoms with E-state index in [1.54, 1.807) is 12.1 Å². The maximum absolute atomic E-state index is 12.8. The number of morpholine rings is 1. The minimum Gasteiger partial charge on any atom is -0.379 e. The number of hydrogen-bond donors (Lipinski definition) is 1. The third kappa shape index (κ3) is 4.94. The number of carbonyl (C=O) groups is 1. The SMILES string of the molecule is Cc1nc(/C=C/C(=O)Nc2ccc(Cl)c(S(=O)(=O)N3CCOCC3)c2)cs1. The van der Waals surface area contributed by atoms with Gasteiger partial charge in [0.1, 0.15) is 4.90 Å². The second kappa shape index (κ2) is 8.49. The number of sulfonamides is 1. The smallest absolute Gasteiger partial charge is 0.248 e. The zero-order valence-corrected chi connectivity index (χ0v) is 16.9. The number of halogens is 1. The number of aromatic nitrogens is 1. The average Bonchev–Trinajstić information content (AvgIpc) is 3.07. The summed E-state index contributed by atoms with van der Waals surface area (Å²) >= 11 is 7.60. The minimum absolute atomic E-state index is 0.0389. The average molecular weight is 428 g/mol. The Labute approximate surface area is 166 Å². The quantitative estimate of drug-likeness (QED) is 0.741. The number of rotatable bonds is 5. The van der Waals surface area contributed by atoms with Crippen LogP contribution in [0.5, 0.6) is 0 Å². The second-order valence-electron chi connectivity index (χ2n) is 5.78. The number of nitrogens with zero attached hydrogens (tertiary/aromatic N) is 2. The van der Waals surface area contributed by atoms with Gasteiger partial charge in [-0.25, -0.2) is 13.4 Å². The molecule has 1 N–H and O–H groups in total. The molecular formula is C17H18ClN3O4S2. The fourth-order valence-electron chi connectivity index (χ4n) is 2.51. The van der Waals surface area contributed by atoms with Gasteiger partial charge in [-0.05, 0) is 31.2 Å². The fourth-order valence-corrected chi connectivity index (χ4v) is 5.00. The van der Waals surface area contributed by atoms with Crippen molar-refractivity contribution in [2.75, 3.05) is 31.6 Å². The molecule has 0 radical (unpaired) electrons. The van der Waals surface area contributed by atoms with E-state index in [0.29, 0.717) is 24.6 Å². The van der Waals surface area contributed by atoms with E-state index in [-0.39, 0.29) is 23.0 Å². The van der Waals surface area contributed by atoms with Gasteiger partial charge < -0.3 is 10.1 Å². The molecule has 0 unspecified atom stereocenters. The minimum atomic E-state index is -3.76. The van der Waals surface area contributed by atoms with Crippen LogP contribution in [-0.4, -0.2) is 49.9 Å². The van der Waals surface area contributed by atoms with Crippen molar-refractivity contribution in [2.24, 2.45) is 0 Å². The van der Waals surface area contributed by atoms with Gasteiger partial charge in [0.05, 0.1) is 28.9 Å². The van der Waals surface area contributed by atoms with Crippen molar-refractivity contribution in [3.05, 3.63) is 45.4 Å². The number of amides is 1. The van der Waals surface area contributed by atoms with Gasteiger partial charge in [0.15, 0.2) is 0 Å². The van der Waals surface area contributed by atoms with Gasteiger partial charge in [-0.2, -0.15) is 4.31 Å². The molecule has 1 aromatic heterocycles. The Kier molecular flexibility index (Phi) is 6.28. The van der Waals surface area contributed by atoms with E-state index in [1.807, 2.05) is 12.3 Å². The number of aryl methyl sites for hydroxylation is 1. The Balaban J connectivity index is 1.76. The molecule has 2 heterocycles. The van der Waals surface area contributed by atoms with Crippen molar-refractivity contribution in [1.82, 2.24) is 9.29 Å². The van der Waals surface area contributed by atoms with Crippen LogP contribution in [0.1, 0.15) is 10.7 Å². The molecule has 0 aliphatic carbocycles. The molecule has 0 saturated carbocycles. The van der Waals surface area contributed by atoms with Crippen LogP contribution in [-0.2, 0) is 19.6 Å². The summed E-state index contributed by atoms with van der Waals surface area (Å²) < 4.78 is 32.1. The van der Waals surface area contributed by atoms with Crippen LogP contribution in [0.25, 0.3) is 6.08 Å². The zero-order valence-electron chi connectivity index (χ0n) is 14.5. The number of thiazole rings is 1. The Bertz CT molecular complexity index is 966. The van der Waals surface area contributed by atoms with Crippen LogP contribution in [0, 0.1) is 6.92 Å². The molecule has 7 nitrogen and oxygen atoms in total. The number of hydrogen-bond acceptors (Lipinski definition) is 6. The van der Waals surface area contributed by atoms with Crippen LogP contribution in [0.2, 0.25) is 5.02 Å². The fraction of sp³-hybridized carbons (Fsp3) is 0.294. The molecule has 10 heteroatoms. The molecule has 1 aliphatic rings. The molecule has 0 bridgehead atoms. The van der Waals surface area contributed by atoms with Crippen LogP contribution < -0.4 is 5.32 Å². The van der Waals surface area contributed by atoms with Crippen molar-refractivity contribution in [1.29, 1.82) is 0 Å². The highest BCUT2D eigenvalue weighted by Gasteiger charge is 2.28. The summed E-state index contributed by atoms with van der Waals surface area (Å²) in [6.45, 7) is 3.10. The lowest BCUT2D eigenvalue weighted by molar-refractivity contribution is -0.111. The molecule has 1 aliphatic heterocycles. The lowest BCUT2D eigenvalue weighted by Crippen LogP contribution is -2.40. The number of benzene rings is 1. The standard InChI is InChI=1S/C17H18ClN3O4S2/c1-12-19-14(11-26-12)3-5-17(22)20-13-2-4-15(18)16(10-13)27(23,24)21-6-8-25-9-7-21/h2-5,10-11H,6-9H2,1H3,(H,20,22)/b5-3+. The van der Waals surface area contributed by atoms with Gasteiger partial charge >= 0.3 is 0 Å². The Morgan fingerprint density at radius 3 is 2.78 bits per heavy atom. The molecule has 144 valence electrons. The summed E-state index contributed by atoms with van der Waals surface area (Å²) in [4.78, 5) is 16.3. The molecule has 3 rings (SSSR count). The van der Waals surface area contributed by atoms with Gasteiger partial charge in [-0.1, -0.05) is 11.6 Å². The van der Waals surface area contributed by atoms with Gasteiger partial charge in [0, 0.05) is 30.2 Å². The van der Waals surface area contributed by atoms with Crippen LogP contribution in [0.15, 0.2) is 34.6 Å². The topological polar surface area (TPSA) is 88.6 Å². The maximum atomic E-state index is 12.8. The van der Waals surface area contributed by atoms with E-state index >= 15 is 0 Å². The number of nitrogens with one attached hydrogen (secondary N) is 1. The maximum Gasteiger partial charge on any atom is 0.248 e. The molecule has 0 atom stereocenters. The highest BCUT2D eigenvalue weighted by atomic mass is 35.5. The van der Waals surface area contributed by atoms with E-state index < -0.39 is 15.9 Å². The van der Waals surface area contributed by atoms with Gasteiger partial charge in [-0.3, -0.25) is 4.79 Å². The number of carbonyl (C=O) groups excluding carboxylic acids is 1. The molecule has 0 spiro atoms. The summed E-state index contributed by atoms with van der Waals surface area (Å²) in [5.74, 6) is -0.391. The first-order chi connectivity index (χ1) is 12.9. The van der Waals surface area contributed by atoms with E-state index in [1.165, 1.54) is 33.9 Å². The first-order valence-electron chi connectivity index (χ1n) is 8.15. The van der Waals surface area contributed by atoms with Crippen LogP contribution in [0.4, 0.5) is 5.69 Å². The van der Waals surface area contributed by atoms with Crippen molar-refractivity contribution < 1.29 is 17.9 Å². The van der Waals surface area contributed by atoms with Crippen molar-refractivity contribution in [2.45, 2.75) is 11.8 Å². The number of ether oxygens (including phenoxy) is 1. The third-order valence-electron chi connectivity index (χ3n) is 3.83. The van der Waals surface area contributed by atoms with Gasteiger partial charge in [0.2, 0.25) is 15.9 Å². The molecule has 1 fully saturated rings. The van der Waals surface area contributed by atoms with Gasteiger partial charge in [0.25, 0.3) is 0 Å². The van der Waals surface area contributed by atoms with E-state index in [2.05, 4.69) is 10.3 Å². The molecule has 1 amide bonds. The molecule has 1 saturated heterocycles. The predicted molar refractivity (Wildman–Crippen MR) is 106 cm³/mol. The summed E-state index contributed by atoms with van der Waals surface area (Å²) in [5.41, 5.74) is 1.04. The first kappa shape index (κ1) is 20.0. The molecule has 27 heavy (non-hydrogen) atoms. The first-order valence-corrected chi connectivity index (χ1v) is 10.8. The van der Waals surface area contributed by atoms with Gasteiger partial charge in [-0.15, -0.1) is 11.3 Å².